The standard InChI is InChI=1S/C19H22O4/c1-3-12-21-18-10-6-7-11-19(18)23-14-13-22-17-9-5-4-8-16(17)15(2)20/h4-11H,3,12-14H2,1-2H3. The first-order valence-corrected chi connectivity index (χ1v) is 7.79. The fourth-order valence-electron chi connectivity index (χ4n) is 2.09. The van der Waals surface area contributed by atoms with Crippen LogP contribution in [0.25, 0.3) is 0 Å². The van der Waals surface area contributed by atoms with Crippen molar-refractivity contribution in [2.24, 2.45) is 0 Å². The smallest absolute Gasteiger partial charge is 0.163 e. The molecule has 0 fully saturated rings. The first kappa shape index (κ1) is 16.9. The summed E-state index contributed by atoms with van der Waals surface area (Å²) in [4.78, 5) is 11.5. The van der Waals surface area contributed by atoms with Gasteiger partial charge in [-0.15, -0.1) is 0 Å². The van der Waals surface area contributed by atoms with Crippen LogP contribution in [0.2, 0.25) is 0 Å². The molecule has 4 nitrogen and oxygen atoms in total. The maximum atomic E-state index is 11.5. The molecule has 0 unspecified atom stereocenters. The molecule has 23 heavy (non-hydrogen) atoms. The number of carbonyl (C=O) groups is 1. The van der Waals surface area contributed by atoms with E-state index in [0.29, 0.717) is 36.9 Å². The summed E-state index contributed by atoms with van der Waals surface area (Å²) in [5.41, 5.74) is 0.583. The van der Waals surface area contributed by atoms with Gasteiger partial charge in [0.2, 0.25) is 0 Å². The molecule has 122 valence electrons. The van der Waals surface area contributed by atoms with Crippen molar-refractivity contribution < 1.29 is 19.0 Å². The highest BCUT2D eigenvalue weighted by Gasteiger charge is 2.08. The molecule has 0 heterocycles. The molecular formula is C19H22O4. The lowest BCUT2D eigenvalue weighted by atomic mass is 10.1. The highest BCUT2D eigenvalue weighted by molar-refractivity contribution is 5.96. The molecule has 0 aliphatic rings. The van der Waals surface area contributed by atoms with Crippen molar-refractivity contribution in [2.45, 2.75) is 20.3 Å². The molecule has 0 atom stereocenters. The first-order chi connectivity index (χ1) is 11.2. The molecule has 0 aliphatic heterocycles. The van der Waals surface area contributed by atoms with E-state index in [4.69, 9.17) is 14.2 Å². The second kappa shape index (κ2) is 8.83. The summed E-state index contributed by atoms with van der Waals surface area (Å²) < 4.78 is 17.0. The molecule has 0 radical (unpaired) electrons. The van der Waals surface area contributed by atoms with Crippen LogP contribution in [0.1, 0.15) is 30.6 Å². The zero-order chi connectivity index (χ0) is 16.5. The van der Waals surface area contributed by atoms with E-state index in [-0.39, 0.29) is 5.78 Å². The van der Waals surface area contributed by atoms with E-state index >= 15 is 0 Å². The Bertz CT molecular complexity index is 637. The topological polar surface area (TPSA) is 44.8 Å². The Kier molecular flexibility index (Phi) is 6.48. The Morgan fingerprint density at radius 3 is 1.83 bits per heavy atom. The number of Topliss-reactive ketones (excluding diaryl/α,β-unsaturated/α-hetero) is 1. The summed E-state index contributed by atoms with van der Waals surface area (Å²) in [5, 5.41) is 0. The number of hydrogen-bond acceptors (Lipinski definition) is 4. The normalized spacial score (nSPS) is 10.2. The van der Waals surface area contributed by atoms with E-state index in [1.54, 1.807) is 12.1 Å². The zero-order valence-corrected chi connectivity index (χ0v) is 13.6. The monoisotopic (exact) mass is 314 g/mol. The van der Waals surface area contributed by atoms with Crippen molar-refractivity contribution in [2.75, 3.05) is 19.8 Å². The predicted molar refractivity (Wildman–Crippen MR) is 89.7 cm³/mol. The van der Waals surface area contributed by atoms with E-state index < -0.39 is 0 Å². The molecule has 0 spiro atoms. The molecule has 0 bridgehead atoms. The number of carbonyl (C=O) groups excluding carboxylic acids is 1. The van der Waals surface area contributed by atoms with Gasteiger partial charge in [0.05, 0.1) is 12.2 Å². The van der Waals surface area contributed by atoms with Gasteiger partial charge in [0.25, 0.3) is 0 Å². The third-order valence-corrected chi connectivity index (χ3v) is 3.18. The van der Waals surface area contributed by atoms with Gasteiger partial charge in [-0.05, 0) is 37.6 Å². The average Bonchev–Trinajstić information content (AvgIpc) is 2.58. The minimum Gasteiger partial charge on any atom is -0.490 e. The number of hydrogen-bond donors (Lipinski definition) is 0. The van der Waals surface area contributed by atoms with Gasteiger partial charge in [-0.3, -0.25) is 4.79 Å². The molecule has 0 N–H and O–H groups in total. The number of para-hydroxylation sites is 3. The number of ketones is 1. The SMILES string of the molecule is CCCOc1ccccc1OCCOc1ccccc1C(C)=O. The fourth-order valence-corrected chi connectivity index (χ4v) is 2.09. The van der Waals surface area contributed by atoms with E-state index in [1.807, 2.05) is 36.4 Å². The summed E-state index contributed by atoms with van der Waals surface area (Å²) in [6, 6.07) is 14.8. The highest BCUT2D eigenvalue weighted by Crippen LogP contribution is 2.26. The molecule has 2 aromatic rings. The maximum Gasteiger partial charge on any atom is 0.163 e. The van der Waals surface area contributed by atoms with Crippen LogP contribution in [-0.4, -0.2) is 25.6 Å². The summed E-state index contributed by atoms with van der Waals surface area (Å²) in [5.74, 6) is 2.00. The molecule has 0 amide bonds. The van der Waals surface area contributed by atoms with Crippen molar-refractivity contribution in [1.29, 1.82) is 0 Å². The number of benzene rings is 2. The van der Waals surface area contributed by atoms with Crippen molar-refractivity contribution >= 4 is 5.78 Å². The minimum atomic E-state index is -0.0140. The Hall–Kier alpha value is -2.49. The van der Waals surface area contributed by atoms with Gasteiger partial charge >= 0.3 is 0 Å². The zero-order valence-electron chi connectivity index (χ0n) is 13.6. The lowest BCUT2D eigenvalue weighted by Gasteiger charge is -2.13. The van der Waals surface area contributed by atoms with Crippen molar-refractivity contribution in [3.8, 4) is 17.2 Å². The Labute approximate surface area is 137 Å². The van der Waals surface area contributed by atoms with Gasteiger partial charge < -0.3 is 14.2 Å². The number of rotatable bonds is 9. The van der Waals surface area contributed by atoms with Crippen LogP contribution >= 0.6 is 0 Å². The van der Waals surface area contributed by atoms with Crippen molar-refractivity contribution in [3.63, 3.8) is 0 Å². The van der Waals surface area contributed by atoms with Crippen molar-refractivity contribution in [3.05, 3.63) is 54.1 Å². The molecule has 4 heteroatoms. The highest BCUT2D eigenvalue weighted by atomic mass is 16.5. The first-order valence-electron chi connectivity index (χ1n) is 7.79. The number of ether oxygens (including phenoxy) is 3. The van der Waals surface area contributed by atoms with Crippen LogP contribution in [0, 0.1) is 0 Å². The lowest BCUT2D eigenvalue weighted by Crippen LogP contribution is -2.11. The van der Waals surface area contributed by atoms with Crippen LogP contribution in [0.5, 0.6) is 17.2 Å². The van der Waals surface area contributed by atoms with Gasteiger partial charge in [-0.25, -0.2) is 0 Å². The van der Waals surface area contributed by atoms with E-state index in [9.17, 15) is 4.79 Å². The van der Waals surface area contributed by atoms with E-state index in [2.05, 4.69) is 6.92 Å². The van der Waals surface area contributed by atoms with Crippen LogP contribution in [0.15, 0.2) is 48.5 Å². The Morgan fingerprint density at radius 2 is 1.26 bits per heavy atom. The van der Waals surface area contributed by atoms with Crippen LogP contribution in [-0.2, 0) is 0 Å². The van der Waals surface area contributed by atoms with Gasteiger partial charge in [0.1, 0.15) is 19.0 Å². The largest absolute Gasteiger partial charge is 0.490 e. The van der Waals surface area contributed by atoms with Crippen LogP contribution in [0.4, 0.5) is 0 Å². The molecule has 0 aromatic heterocycles. The summed E-state index contributed by atoms with van der Waals surface area (Å²) >= 11 is 0. The maximum absolute atomic E-state index is 11.5. The summed E-state index contributed by atoms with van der Waals surface area (Å²) in [7, 11) is 0. The summed E-state index contributed by atoms with van der Waals surface area (Å²) in [6.07, 6.45) is 0.944. The molecule has 0 saturated carbocycles. The second-order valence-corrected chi connectivity index (χ2v) is 5.04. The third kappa shape index (κ3) is 5.02. The van der Waals surface area contributed by atoms with Gasteiger partial charge in [-0.2, -0.15) is 0 Å². The Morgan fingerprint density at radius 1 is 0.783 bits per heavy atom. The average molecular weight is 314 g/mol. The summed E-state index contributed by atoms with van der Waals surface area (Å²) in [6.45, 7) is 4.97. The molecule has 2 aromatic carbocycles. The van der Waals surface area contributed by atoms with Crippen molar-refractivity contribution in [1.82, 2.24) is 0 Å². The quantitative estimate of drug-likeness (QED) is 0.515. The van der Waals surface area contributed by atoms with Gasteiger partial charge in [0.15, 0.2) is 17.3 Å². The minimum absolute atomic E-state index is 0.0140. The van der Waals surface area contributed by atoms with E-state index in [0.717, 1.165) is 12.2 Å². The van der Waals surface area contributed by atoms with Gasteiger partial charge in [0, 0.05) is 0 Å². The molecule has 0 saturated heterocycles. The molecular weight excluding hydrogens is 292 g/mol. The van der Waals surface area contributed by atoms with Gasteiger partial charge in [-0.1, -0.05) is 31.2 Å². The second-order valence-electron chi connectivity index (χ2n) is 5.04. The molecule has 2 rings (SSSR count). The van der Waals surface area contributed by atoms with Crippen LogP contribution in [0.3, 0.4) is 0 Å². The Balaban J connectivity index is 1.88. The van der Waals surface area contributed by atoms with E-state index in [1.165, 1.54) is 6.92 Å². The van der Waals surface area contributed by atoms with Crippen LogP contribution < -0.4 is 14.2 Å². The lowest BCUT2D eigenvalue weighted by molar-refractivity contribution is 0.101. The fraction of sp³-hybridized carbons (Fsp3) is 0.316. The third-order valence-electron chi connectivity index (χ3n) is 3.18. The molecule has 0 aliphatic carbocycles. The predicted octanol–water partition coefficient (Wildman–Crippen LogP) is 4.14.